The Kier molecular flexibility index (Phi) is 3.68. The molecule has 2 nitrogen and oxygen atoms in total. The van der Waals surface area contributed by atoms with Crippen LogP contribution in [0.5, 0.6) is 0 Å². The molecule has 0 amide bonds. The van der Waals surface area contributed by atoms with Crippen LogP contribution in [0.4, 0.5) is 0 Å². The van der Waals surface area contributed by atoms with E-state index in [4.69, 9.17) is 5.73 Å². The molecule has 15 heavy (non-hydrogen) atoms. The third-order valence-corrected chi connectivity index (χ3v) is 4.18. The average Bonchev–Trinajstić information content (AvgIpc) is 2.37. The molecule has 1 unspecified atom stereocenters. The number of likely N-dealkylation sites (tertiary alicyclic amines) is 1. The maximum Gasteiger partial charge on any atom is 0.00505 e. The Balaban J connectivity index is 1.70. The SMILES string of the molecule is CC(N)CCN1CC2(CCCCCC2)C1. The molecule has 1 aliphatic heterocycles. The zero-order valence-electron chi connectivity index (χ0n) is 10.2. The topological polar surface area (TPSA) is 29.3 Å². The highest BCUT2D eigenvalue weighted by molar-refractivity contribution is 4.95. The molecule has 2 fully saturated rings. The summed E-state index contributed by atoms with van der Waals surface area (Å²) in [4.78, 5) is 2.61. The lowest BCUT2D eigenvalue weighted by molar-refractivity contribution is -0.0128. The van der Waals surface area contributed by atoms with Crippen molar-refractivity contribution in [2.24, 2.45) is 11.1 Å². The zero-order valence-corrected chi connectivity index (χ0v) is 10.2. The number of nitrogens with two attached hydrogens (primary N) is 1. The number of rotatable bonds is 3. The molecule has 1 atom stereocenters. The predicted octanol–water partition coefficient (Wildman–Crippen LogP) is 2.38. The first kappa shape index (κ1) is 11.4. The molecule has 1 saturated carbocycles. The van der Waals surface area contributed by atoms with Crippen LogP contribution in [-0.2, 0) is 0 Å². The third-order valence-electron chi connectivity index (χ3n) is 4.18. The monoisotopic (exact) mass is 210 g/mol. The minimum atomic E-state index is 0.371. The van der Waals surface area contributed by atoms with Crippen LogP contribution in [0.25, 0.3) is 0 Å². The second-order valence-electron chi connectivity index (χ2n) is 5.89. The second-order valence-corrected chi connectivity index (χ2v) is 5.89. The van der Waals surface area contributed by atoms with Crippen molar-refractivity contribution in [3.63, 3.8) is 0 Å². The first-order valence-corrected chi connectivity index (χ1v) is 6.68. The van der Waals surface area contributed by atoms with Gasteiger partial charge in [-0.25, -0.2) is 0 Å². The van der Waals surface area contributed by atoms with E-state index in [1.54, 1.807) is 0 Å². The standard InChI is InChI=1S/C13H26N2/c1-12(14)6-9-15-10-13(11-15)7-4-2-3-5-8-13/h12H,2-11,14H2,1H3. The number of nitrogens with zero attached hydrogens (tertiary/aromatic N) is 1. The van der Waals surface area contributed by atoms with Gasteiger partial charge in [-0.3, -0.25) is 0 Å². The quantitative estimate of drug-likeness (QED) is 0.775. The lowest BCUT2D eigenvalue weighted by Crippen LogP contribution is -2.56. The lowest BCUT2D eigenvalue weighted by Gasteiger charge is -2.50. The van der Waals surface area contributed by atoms with Crippen LogP contribution in [0.15, 0.2) is 0 Å². The second kappa shape index (κ2) is 4.84. The lowest BCUT2D eigenvalue weighted by atomic mass is 9.73. The van der Waals surface area contributed by atoms with Gasteiger partial charge in [0.2, 0.25) is 0 Å². The Morgan fingerprint density at radius 3 is 2.27 bits per heavy atom. The van der Waals surface area contributed by atoms with Gasteiger partial charge in [-0.15, -0.1) is 0 Å². The van der Waals surface area contributed by atoms with Crippen LogP contribution in [0.2, 0.25) is 0 Å². The zero-order chi connectivity index (χ0) is 10.7. The summed E-state index contributed by atoms with van der Waals surface area (Å²) >= 11 is 0. The Morgan fingerprint density at radius 1 is 1.13 bits per heavy atom. The molecule has 1 saturated heterocycles. The van der Waals surface area contributed by atoms with Crippen molar-refractivity contribution < 1.29 is 0 Å². The molecule has 1 spiro atoms. The van der Waals surface area contributed by atoms with E-state index in [1.165, 1.54) is 58.2 Å². The summed E-state index contributed by atoms with van der Waals surface area (Å²) in [5.74, 6) is 0. The van der Waals surface area contributed by atoms with E-state index in [0.29, 0.717) is 6.04 Å². The summed E-state index contributed by atoms with van der Waals surface area (Å²) in [7, 11) is 0. The van der Waals surface area contributed by atoms with Crippen molar-refractivity contribution >= 4 is 0 Å². The molecule has 0 aromatic carbocycles. The van der Waals surface area contributed by atoms with Gasteiger partial charge in [-0.05, 0) is 38.1 Å². The van der Waals surface area contributed by atoms with E-state index < -0.39 is 0 Å². The Morgan fingerprint density at radius 2 is 1.73 bits per heavy atom. The summed E-state index contributed by atoms with van der Waals surface area (Å²) in [6.45, 7) is 6.06. The van der Waals surface area contributed by atoms with Crippen molar-refractivity contribution in [1.29, 1.82) is 0 Å². The van der Waals surface area contributed by atoms with Crippen LogP contribution in [0.1, 0.15) is 51.9 Å². The van der Waals surface area contributed by atoms with E-state index in [-0.39, 0.29) is 0 Å². The minimum Gasteiger partial charge on any atom is -0.328 e. The average molecular weight is 210 g/mol. The molecular formula is C13H26N2. The molecule has 0 aromatic heterocycles. The normalized spacial score (nSPS) is 28.4. The largest absolute Gasteiger partial charge is 0.328 e. The fourth-order valence-corrected chi connectivity index (χ4v) is 3.24. The van der Waals surface area contributed by atoms with Crippen molar-refractivity contribution in [2.45, 2.75) is 57.9 Å². The molecule has 88 valence electrons. The van der Waals surface area contributed by atoms with Gasteiger partial charge in [0, 0.05) is 19.1 Å². The Hall–Kier alpha value is -0.0800. The van der Waals surface area contributed by atoms with Crippen LogP contribution in [0, 0.1) is 5.41 Å². The first-order valence-electron chi connectivity index (χ1n) is 6.68. The predicted molar refractivity (Wildman–Crippen MR) is 64.8 cm³/mol. The Bertz CT molecular complexity index is 185. The van der Waals surface area contributed by atoms with Crippen molar-refractivity contribution in [3.8, 4) is 0 Å². The molecular weight excluding hydrogens is 184 g/mol. The van der Waals surface area contributed by atoms with Gasteiger partial charge in [0.05, 0.1) is 0 Å². The Labute approximate surface area is 94.2 Å². The van der Waals surface area contributed by atoms with Gasteiger partial charge in [0.25, 0.3) is 0 Å². The maximum absolute atomic E-state index is 5.79. The maximum atomic E-state index is 5.79. The summed E-state index contributed by atoms with van der Waals surface area (Å²) in [6.07, 6.45) is 10.0. The third kappa shape index (κ3) is 2.94. The summed E-state index contributed by atoms with van der Waals surface area (Å²) in [5.41, 5.74) is 6.52. The number of hydrogen-bond acceptors (Lipinski definition) is 2. The highest BCUT2D eigenvalue weighted by Gasteiger charge is 2.41. The molecule has 1 heterocycles. The van der Waals surface area contributed by atoms with Crippen molar-refractivity contribution in [1.82, 2.24) is 4.90 Å². The van der Waals surface area contributed by atoms with E-state index in [9.17, 15) is 0 Å². The molecule has 0 aromatic rings. The molecule has 2 N–H and O–H groups in total. The highest BCUT2D eigenvalue weighted by atomic mass is 15.2. The van der Waals surface area contributed by atoms with Crippen LogP contribution in [0.3, 0.4) is 0 Å². The van der Waals surface area contributed by atoms with Crippen LogP contribution in [-0.4, -0.2) is 30.6 Å². The summed E-state index contributed by atoms with van der Waals surface area (Å²) < 4.78 is 0. The highest BCUT2D eigenvalue weighted by Crippen LogP contribution is 2.42. The molecule has 2 heteroatoms. The van der Waals surface area contributed by atoms with Gasteiger partial charge in [-0.2, -0.15) is 0 Å². The molecule has 2 rings (SSSR count). The minimum absolute atomic E-state index is 0.371. The van der Waals surface area contributed by atoms with Gasteiger partial charge < -0.3 is 10.6 Å². The molecule has 0 bridgehead atoms. The fourth-order valence-electron chi connectivity index (χ4n) is 3.24. The van der Waals surface area contributed by atoms with Crippen LogP contribution >= 0.6 is 0 Å². The van der Waals surface area contributed by atoms with Gasteiger partial charge in [0.1, 0.15) is 0 Å². The van der Waals surface area contributed by atoms with Gasteiger partial charge in [-0.1, -0.05) is 25.7 Å². The molecule has 0 radical (unpaired) electrons. The van der Waals surface area contributed by atoms with E-state index in [0.717, 1.165) is 11.8 Å². The number of hydrogen-bond donors (Lipinski definition) is 1. The van der Waals surface area contributed by atoms with E-state index >= 15 is 0 Å². The van der Waals surface area contributed by atoms with Crippen LogP contribution < -0.4 is 5.73 Å². The van der Waals surface area contributed by atoms with Gasteiger partial charge >= 0.3 is 0 Å². The first-order chi connectivity index (χ1) is 7.20. The fraction of sp³-hybridized carbons (Fsp3) is 1.00. The summed E-state index contributed by atoms with van der Waals surface area (Å²) in [5, 5.41) is 0. The smallest absolute Gasteiger partial charge is 0.00505 e. The van der Waals surface area contributed by atoms with Gasteiger partial charge in [0.15, 0.2) is 0 Å². The summed E-state index contributed by atoms with van der Waals surface area (Å²) in [6, 6.07) is 0.371. The van der Waals surface area contributed by atoms with E-state index in [2.05, 4.69) is 11.8 Å². The van der Waals surface area contributed by atoms with E-state index in [1.807, 2.05) is 0 Å². The van der Waals surface area contributed by atoms with Crippen molar-refractivity contribution in [3.05, 3.63) is 0 Å². The van der Waals surface area contributed by atoms with Crippen molar-refractivity contribution in [2.75, 3.05) is 19.6 Å². The molecule has 2 aliphatic rings. The molecule has 1 aliphatic carbocycles.